The SMILES string of the molecule is CC[NH+]1CCC[NH2+]CCC[NH2+]CCC1.O=S(=O)([O-])C(F)(F)F.O=S(=O)([O-])C(F)(F)F.O=S(=O)([O-])C(F)(F)F. The van der Waals surface area contributed by atoms with Crippen LogP contribution in [0.15, 0.2) is 0 Å². The van der Waals surface area contributed by atoms with Crippen molar-refractivity contribution in [3.8, 4) is 0 Å². The van der Waals surface area contributed by atoms with E-state index in [1.807, 2.05) is 0 Å². The minimum Gasteiger partial charge on any atom is -0.741 e. The highest BCUT2D eigenvalue weighted by molar-refractivity contribution is 7.87. The molecular formula is C14H28F9N3O9S3. The van der Waals surface area contributed by atoms with Gasteiger partial charge in [0.2, 0.25) is 0 Å². The molecule has 0 amide bonds. The summed E-state index contributed by atoms with van der Waals surface area (Å²) < 4.78 is 177. The Kier molecular flexibility index (Phi) is 19.2. The number of halogens is 9. The molecule has 1 aliphatic rings. The molecule has 0 aliphatic carbocycles. The fourth-order valence-electron chi connectivity index (χ4n) is 2.17. The van der Waals surface area contributed by atoms with Crippen LogP contribution in [0, 0.1) is 0 Å². The second kappa shape index (κ2) is 17.6. The van der Waals surface area contributed by atoms with Gasteiger partial charge in [-0.05, 0) is 6.92 Å². The van der Waals surface area contributed by atoms with Crippen LogP contribution < -0.4 is 15.5 Å². The van der Waals surface area contributed by atoms with Crippen LogP contribution in [-0.2, 0) is 30.4 Å². The van der Waals surface area contributed by atoms with E-state index in [-0.39, 0.29) is 0 Å². The van der Waals surface area contributed by atoms with E-state index >= 15 is 0 Å². The molecule has 0 atom stereocenters. The van der Waals surface area contributed by atoms with E-state index in [2.05, 4.69) is 17.6 Å². The highest BCUT2D eigenvalue weighted by Crippen LogP contribution is 2.21. The topological polar surface area (TPSA) is 209 Å². The van der Waals surface area contributed by atoms with E-state index in [1.165, 1.54) is 65.1 Å². The van der Waals surface area contributed by atoms with Crippen LogP contribution in [-0.4, -0.2) is 101 Å². The maximum atomic E-state index is 10.7. The van der Waals surface area contributed by atoms with Crippen molar-refractivity contribution in [2.24, 2.45) is 0 Å². The summed E-state index contributed by atoms with van der Waals surface area (Å²) in [4.78, 5) is 1.80. The third-order valence-electron chi connectivity index (χ3n) is 4.04. The number of quaternary nitrogens is 3. The number of hydrogen-bond donors (Lipinski definition) is 3. The van der Waals surface area contributed by atoms with Gasteiger partial charge in [-0.3, -0.25) is 0 Å². The molecule has 24 heteroatoms. The number of alkyl halides is 9. The van der Waals surface area contributed by atoms with Crippen molar-refractivity contribution in [3.05, 3.63) is 0 Å². The van der Waals surface area contributed by atoms with Gasteiger partial charge in [-0.15, -0.1) is 0 Å². The van der Waals surface area contributed by atoms with Gasteiger partial charge in [0.1, 0.15) is 0 Å². The van der Waals surface area contributed by atoms with E-state index in [0.717, 1.165) is 0 Å². The second-order valence-corrected chi connectivity index (χ2v) is 11.2. The monoisotopic (exact) mass is 649 g/mol. The molecule has 0 aromatic carbocycles. The van der Waals surface area contributed by atoms with Crippen molar-refractivity contribution >= 4 is 30.4 Å². The molecule has 0 spiro atoms. The van der Waals surface area contributed by atoms with Gasteiger partial charge in [0.15, 0.2) is 30.4 Å². The maximum Gasteiger partial charge on any atom is 0.485 e. The quantitative estimate of drug-likeness (QED) is 0.154. The summed E-state index contributed by atoms with van der Waals surface area (Å²) in [5, 5.41) is 4.98. The fraction of sp³-hybridized carbons (Fsp3) is 1.00. The van der Waals surface area contributed by atoms with E-state index in [9.17, 15) is 39.5 Å². The number of rotatable bonds is 1. The minimum atomic E-state index is -6.09. The number of nitrogens with two attached hydrogens (primary N) is 2. The third-order valence-corrected chi connectivity index (χ3v) is 5.74. The molecule has 234 valence electrons. The van der Waals surface area contributed by atoms with Gasteiger partial charge in [-0.25, -0.2) is 25.3 Å². The fourth-order valence-corrected chi connectivity index (χ4v) is 2.17. The molecule has 1 fully saturated rings. The number of nitrogens with one attached hydrogen (secondary N) is 1. The standard InChI is InChI=1S/C11H25N3.3CHF3O3S/c1-2-14-10-4-8-12-6-3-7-13-9-5-11-14;3*2-1(3,4)8(5,6)7/h12-13H,2-11H2,1H3;3*(H,5,6,7). The lowest BCUT2D eigenvalue weighted by molar-refractivity contribution is -0.901. The Morgan fingerprint density at radius 2 is 0.789 bits per heavy atom. The lowest BCUT2D eigenvalue weighted by Gasteiger charge is -2.17. The molecule has 1 heterocycles. The van der Waals surface area contributed by atoms with Crippen LogP contribution in [0.25, 0.3) is 0 Å². The first kappa shape index (κ1) is 41.5. The van der Waals surface area contributed by atoms with Gasteiger partial charge in [-0.1, -0.05) is 0 Å². The zero-order valence-corrected chi connectivity index (χ0v) is 22.0. The Hall–Kier alpha value is -1.02. The van der Waals surface area contributed by atoms with Gasteiger partial charge < -0.3 is 29.2 Å². The number of hydrogen-bond acceptors (Lipinski definition) is 9. The predicted molar refractivity (Wildman–Crippen MR) is 106 cm³/mol. The summed E-state index contributed by atoms with van der Waals surface area (Å²) in [7, 11) is -18.3. The average Bonchev–Trinajstić information content (AvgIpc) is 2.65. The molecule has 38 heavy (non-hydrogen) atoms. The van der Waals surface area contributed by atoms with Crippen molar-refractivity contribution < 1.29 is 94.0 Å². The average molecular weight is 650 g/mol. The van der Waals surface area contributed by atoms with Gasteiger partial charge in [0.05, 0.1) is 45.8 Å². The first-order chi connectivity index (χ1) is 16.7. The summed E-state index contributed by atoms with van der Waals surface area (Å²) in [5.74, 6) is 0. The van der Waals surface area contributed by atoms with E-state index < -0.39 is 46.9 Å². The smallest absolute Gasteiger partial charge is 0.485 e. The molecule has 1 aliphatic heterocycles. The molecule has 5 N–H and O–H groups in total. The van der Waals surface area contributed by atoms with Crippen LogP contribution in [0.1, 0.15) is 26.2 Å². The van der Waals surface area contributed by atoms with Crippen LogP contribution >= 0.6 is 0 Å². The van der Waals surface area contributed by atoms with Gasteiger partial charge >= 0.3 is 16.5 Å². The van der Waals surface area contributed by atoms with Crippen LogP contribution in [0.5, 0.6) is 0 Å². The van der Waals surface area contributed by atoms with Crippen molar-refractivity contribution in [1.82, 2.24) is 0 Å². The lowest BCUT2D eigenvalue weighted by Crippen LogP contribution is -3.12. The molecular weight excluding hydrogens is 621 g/mol. The Balaban J connectivity index is -0.000000449. The van der Waals surface area contributed by atoms with E-state index in [1.54, 1.807) is 4.90 Å². The predicted octanol–water partition coefficient (Wildman–Crippen LogP) is -2.64. The molecule has 0 aromatic heterocycles. The summed E-state index contributed by atoms with van der Waals surface area (Å²) in [6.07, 6.45) is 4.17. The first-order valence-electron chi connectivity index (χ1n) is 10.2. The Morgan fingerprint density at radius 3 is 0.974 bits per heavy atom. The third kappa shape index (κ3) is 22.9. The first-order valence-corrected chi connectivity index (χ1v) is 14.4. The highest BCUT2D eigenvalue weighted by atomic mass is 32.2. The zero-order chi connectivity index (χ0) is 31.1. The molecule has 1 rings (SSSR count). The van der Waals surface area contributed by atoms with Crippen molar-refractivity contribution in [2.75, 3.05) is 45.8 Å². The molecule has 0 aromatic rings. The lowest BCUT2D eigenvalue weighted by atomic mass is 10.3. The minimum absolute atomic E-state index is 1.31. The molecule has 0 radical (unpaired) electrons. The molecule has 0 bridgehead atoms. The Labute approximate surface area is 213 Å². The van der Waals surface area contributed by atoms with Crippen molar-refractivity contribution in [1.29, 1.82) is 0 Å². The molecule has 0 saturated carbocycles. The Bertz CT molecular complexity index is 842. The van der Waals surface area contributed by atoms with E-state index in [4.69, 9.17) is 38.9 Å². The molecule has 1 saturated heterocycles. The normalized spacial score (nSPS) is 17.6. The van der Waals surface area contributed by atoms with Crippen molar-refractivity contribution in [2.45, 2.75) is 42.7 Å². The maximum absolute atomic E-state index is 10.7. The van der Waals surface area contributed by atoms with Crippen LogP contribution in [0.3, 0.4) is 0 Å². The van der Waals surface area contributed by atoms with Gasteiger partial charge in [0, 0.05) is 19.3 Å². The second-order valence-electron chi connectivity index (χ2n) is 7.10. The molecule has 12 nitrogen and oxygen atoms in total. The van der Waals surface area contributed by atoms with Crippen molar-refractivity contribution in [3.63, 3.8) is 0 Å². The molecule has 0 unspecified atom stereocenters. The van der Waals surface area contributed by atoms with Crippen LogP contribution in [0.2, 0.25) is 0 Å². The summed E-state index contributed by atoms with van der Waals surface area (Å²) in [6.45, 7) is 11.7. The zero-order valence-electron chi connectivity index (χ0n) is 19.5. The summed E-state index contributed by atoms with van der Waals surface area (Å²) in [5.41, 5.74) is -16.9. The highest BCUT2D eigenvalue weighted by Gasteiger charge is 2.38. The van der Waals surface area contributed by atoms with E-state index in [0.29, 0.717) is 0 Å². The Morgan fingerprint density at radius 1 is 0.579 bits per heavy atom. The van der Waals surface area contributed by atoms with Gasteiger partial charge in [0.25, 0.3) is 0 Å². The summed E-state index contributed by atoms with van der Waals surface area (Å²) in [6, 6.07) is 0. The van der Waals surface area contributed by atoms with Crippen LogP contribution in [0.4, 0.5) is 39.5 Å². The summed E-state index contributed by atoms with van der Waals surface area (Å²) >= 11 is 0. The largest absolute Gasteiger partial charge is 0.741 e. The van der Waals surface area contributed by atoms with Gasteiger partial charge in [-0.2, -0.15) is 39.5 Å².